The summed E-state index contributed by atoms with van der Waals surface area (Å²) in [6.45, 7) is 1.63. The van der Waals surface area contributed by atoms with E-state index in [1.165, 1.54) is 11.1 Å². The molecule has 1 amide bonds. The number of carbonyl (C=O) groups excluding carboxylic acids is 1. The second kappa shape index (κ2) is 7.67. The Balaban J connectivity index is 0.000000552. The maximum Gasteiger partial charge on any atom is 0.300 e. The lowest BCUT2D eigenvalue weighted by molar-refractivity contribution is -0.134. The van der Waals surface area contributed by atoms with Crippen LogP contribution in [0.4, 0.5) is 4.39 Å². The number of carbonyl (C=O) groups is 2. The van der Waals surface area contributed by atoms with Crippen molar-refractivity contribution in [3.05, 3.63) is 29.8 Å². The van der Waals surface area contributed by atoms with Crippen molar-refractivity contribution in [3.63, 3.8) is 0 Å². The Hall–Kier alpha value is -2.07. The Morgan fingerprint density at radius 1 is 1.31 bits per heavy atom. The van der Waals surface area contributed by atoms with Gasteiger partial charge in [0, 0.05) is 38.2 Å². The van der Waals surface area contributed by atoms with E-state index >= 15 is 0 Å². The summed E-state index contributed by atoms with van der Waals surface area (Å²) >= 11 is 0. The highest BCUT2D eigenvalue weighted by Gasteiger charge is 2.53. The lowest BCUT2D eigenvalue weighted by Gasteiger charge is -2.25. The van der Waals surface area contributed by atoms with E-state index in [1.807, 2.05) is 19.0 Å². The molecular weight excluding hydrogens is 365 g/mol. The summed E-state index contributed by atoms with van der Waals surface area (Å²) in [4.78, 5) is 28.5. The summed E-state index contributed by atoms with van der Waals surface area (Å²) in [5.41, 5.74) is 0.152. The minimum absolute atomic E-state index is 0.0848. The van der Waals surface area contributed by atoms with Crippen LogP contribution in [0.1, 0.15) is 17.3 Å². The molecule has 0 unspecified atom stereocenters. The number of pyridine rings is 1. The van der Waals surface area contributed by atoms with E-state index in [1.54, 1.807) is 0 Å². The summed E-state index contributed by atoms with van der Waals surface area (Å²) in [6.07, 6.45) is 2.33. The lowest BCUT2D eigenvalue weighted by Crippen LogP contribution is -2.38. The van der Waals surface area contributed by atoms with Gasteiger partial charge in [-0.25, -0.2) is 12.8 Å². The zero-order valence-electron chi connectivity index (χ0n) is 14.8. The molecule has 3 rings (SSSR count). The number of rotatable bonds is 2. The normalized spacial score (nSPS) is 26.2. The van der Waals surface area contributed by atoms with Crippen LogP contribution in [0.2, 0.25) is 0 Å². The molecule has 3 atom stereocenters. The van der Waals surface area contributed by atoms with Gasteiger partial charge in [-0.15, -0.1) is 0 Å². The van der Waals surface area contributed by atoms with Crippen molar-refractivity contribution < 1.29 is 27.5 Å². The molecule has 0 radical (unpaired) electrons. The molecule has 144 valence electrons. The Labute approximate surface area is 151 Å². The molecule has 2 aliphatic heterocycles. The molecule has 2 fully saturated rings. The van der Waals surface area contributed by atoms with Crippen LogP contribution in [0, 0.1) is 11.7 Å². The quantitative estimate of drug-likeness (QED) is 0.767. The molecule has 2 saturated heterocycles. The van der Waals surface area contributed by atoms with Crippen molar-refractivity contribution in [1.82, 2.24) is 14.8 Å². The maximum atomic E-state index is 13.2. The predicted octanol–water partition coefficient (Wildman–Crippen LogP) is 0.111. The number of nitrogens with zero attached hydrogens (tertiary/aromatic N) is 3. The number of sulfone groups is 1. The molecule has 0 aromatic carbocycles. The number of carboxylic acid groups (broad SMARTS) is 1. The molecule has 2 aliphatic rings. The van der Waals surface area contributed by atoms with Crippen molar-refractivity contribution in [2.75, 3.05) is 32.9 Å². The highest BCUT2D eigenvalue weighted by Crippen LogP contribution is 2.36. The van der Waals surface area contributed by atoms with Gasteiger partial charge in [-0.2, -0.15) is 0 Å². The first kappa shape index (κ1) is 20.2. The summed E-state index contributed by atoms with van der Waals surface area (Å²) in [5.74, 6) is -1.73. The average Bonchev–Trinajstić information content (AvgIpc) is 3.05. The van der Waals surface area contributed by atoms with Crippen LogP contribution in [-0.4, -0.2) is 84.4 Å². The molecule has 0 aliphatic carbocycles. The maximum absolute atomic E-state index is 13.2. The highest BCUT2D eigenvalue weighted by molar-refractivity contribution is 7.92. The van der Waals surface area contributed by atoms with Gasteiger partial charge in [0.2, 0.25) is 0 Å². The highest BCUT2D eigenvalue weighted by atomic mass is 32.2. The van der Waals surface area contributed by atoms with Crippen molar-refractivity contribution in [3.8, 4) is 0 Å². The third-order valence-corrected chi connectivity index (χ3v) is 6.80. The first-order chi connectivity index (χ1) is 12.0. The first-order valence-electron chi connectivity index (χ1n) is 8.00. The summed E-state index contributed by atoms with van der Waals surface area (Å²) in [7, 11) is 0.501. The Bertz CT molecular complexity index is 795. The molecule has 1 N–H and O–H groups in total. The number of halogens is 1. The van der Waals surface area contributed by atoms with Gasteiger partial charge in [-0.05, 0) is 20.2 Å². The van der Waals surface area contributed by atoms with Crippen LogP contribution in [0.5, 0.6) is 0 Å². The van der Waals surface area contributed by atoms with Crippen molar-refractivity contribution in [1.29, 1.82) is 0 Å². The minimum Gasteiger partial charge on any atom is -0.481 e. The number of aromatic nitrogens is 1. The van der Waals surface area contributed by atoms with Crippen LogP contribution < -0.4 is 0 Å². The Morgan fingerprint density at radius 3 is 2.46 bits per heavy atom. The fourth-order valence-corrected chi connectivity index (χ4v) is 5.92. The number of hydrogen-bond donors (Lipinski definition) is 1. The monoisotopic (exact) mass is 387 g/mol. The smallest absolute Gasteiger partial charge is 0.300 e. The van der Waals surface area contributed by atoms with Gasteiger partial charge in [0.05, 0.1) is 22.8 Å². The fraction of sp³-hybridized carbons (Fsp3) is 0.562. The van der Waals surface area contributed by atoms with E-state index in [9.17, 15) is 17.6 Å². The van der Waals surface area contributed by atoms with Gasteiger partial charge in [0.1, 0.15) is 5.82 Å². The number of carboxylic acids is 1. The topological polar surface area (TPSA) is 108 Å². The van der Waals surface area contributed by atoms with E-state index < -0.39 is 26.9 Å². The van der Waals surface area contributed by atoms with Crippen molar-refractivity contribution in [2.45, 2.75) is 18.2 Å². The largest absolute Gasteiger partial charge is 0.481 e. The van der Waals surface area contributed by atoms with E-state index in [2.05, 4.69) is 4.98 Å². The van der Waals surface area contributed by atoms with Gasteiger partial charge in [0.15, 0.2) is 9.84 Å². The molecule has 10 heteroatoms. The van der Waals surface area contributed by atoms with Crippen LogP contribution >= 0.6 is 0 Å². The lowest BCUT2D eigenvalue weighted by atomic mass is 10.00. The first-order valence-corrected chi connectivity index (χ1v) is 9.72. The summed E-state index contributed by atoms with van der Waals surface area (Å²) in [6, 6.07) is 1.04. The fourth-order valence-electron chi connectivity index (χ4n) is 3.44. The van der Waals surface area contributed by atoms with Crippen LogP contribution in [0.3, 0.4) is 0 Å². The van der Waals surface area contributed by atoms with Gasteiger partial charge in [-0.3, -0.25) is 14.6 Å². The molecule has 0 saturated carbocycles. The number of likely N-dealkylation sites (tertiary alicyclic amines) is 1. The van der Waals surface area contributed by atoms with E-state index in [0.29, 0.717) is 6.54 Å². The van der Waals surface area contributed by atoms with Crippen LogP contribution in [0.25, 0.3) is 0 Å². The summed E-state index contributed by atoms with van der Waals surface area (Å²) < 4.78 is 37.8. The second-order valence-electron chi connectivity index (χ2n) is 6.68. The van der Waals surface area contributed by atoms with E-state index in [-0.39, 0.29) is 35.7 Å². The predicted molar refractivity (Wildman–Crippen MR) is 91.9 cm³/mol. The van der Waals surface area contributed by atoms with Crippen LogP contribution in [-0.2, 0) is 14.6 Å². The number of fused-ring (bicyclic) bond motifs is 1. The third-order valence-electron chi connectivity index (χ3n) is 4.57. The Morgan fingerprint density at radius 2 is 1.92 bits per heavy atom. The molecule has 0 bridgehead atoms. The molecule has 3 heterocycles. The van der Waals surface area contributed by atoms with E-state index in [4.69, 9.17) is 9.90 Å². The van der Waals surface area contributed by atoms with Gasteiger partial charge in [-0.1, -0.05) is 0 Å². The molecule has 1 aromatic rings. The molecule has 8 nitrogen and oxygen atoms in total. The number of hydrogen-bond acceptors (Lipinski definition) is 6. The van der Waals surface area contributed by atoms with Gasteiger partial charge < -0.3 is 14.9 Å². The average molecular weight is 387 g/mol. The Kier molecular flexibility index (Phi) is 5.97. The molecule has 0 spiro atoms. The van der Waals surface area contributed by atoms with Crippen molar-refractivity contribution >= 4 is 21.7 Å². The second-order valence-corrected chi connectivity index (χ2v) is 8.95. The van der Waals surface area contributed by atoms with Crippen LogP contribution in [0.15, 0.2) is 18.5 Å². The minimum atomic E-state index is -3.20. The summed E-state index contributed by atoms with van der Waals surface area (Å²) in [5, 5.41) is 6.89. The number of amides is 1. The molecular formula is C16H22FN3O5S. The molecule has 1 aromatic heterocycles. The SMILES string of the molecule is CC(=O)O.CN(C)[C@@H]1CS(=O)(=O)[C@H]2CN(C(=O)c3cncc(F)c3)C[C@@H]12. The third kappa shape index (κ3) is 4.36. The number of aliphatic carboxylic acids is 1. The van der Waals surface area contributed by atoms with Crippen molar-refractivity contribution in [2.24, 2.45) is 5.92 Å². The zero-order chi connectivity index (χ0) is 19.6. The van der Waals surface area contributed by atoms with Gasteiger partial charge in [0.25, 0.3) is 11.9 Å². The standard InChI is InChI=1S/C14H18FN3O3S.C2H4O2/c1-17(2)12-8-22(20,21)13-7-18(6-11(12)13)14(19)9-3-10(15)5-16-4-9;1-2(3)4/h3-5,11-13H,6-8H2,1-2H3;1H3,(H,3,4)/t11-,12+,13-;/m0./s1. The zero-order valence-corrected chi connectivity index (χ0v) is 15.6. The molecule has 26 heavy (non-hydrogen) atoms. The van der Waals surface area contributed by atoms with E-state index in [0.717, 1.165) is 19.2 Å². The van der Waals surface area contributed by atoms with Gasteiger partial charge >= 0.3 is 0 Å².